The Bertz CT molecular complexity index is 113. The highest BCUT2D eigenvalue weighted by atomic mass is 16.5. The maximum Gasteiger partial charge on any atom is 0.0987 e. The fourth-order valence-electron chi connectivity index (χ4n) is 1.54. The van der Waals surface area contributed by atoms with E-state index in [1.54, 1.807) is 0 Å². The molecule has 3 heteroatoms. The van der Waals surface area contributed by atoms with Gasteiger partial charge in [-0.25, -0.2) is 0 Å². The lowest BCUT2D eigenvalue weighted by Crippen LogP contribution is -2.48. The summed E-state index contributed by atoms with van der Waals surface area (Å²) in [5.41, 5.74) is 0.0260. The van der Waals surface area contributed by atoms with E-state index in [9.17, 15) is 0 Å². The van der Waals surface area contributed by atoms with Gasteiger partial charge in [-0.3, -0.25) is 0 Å². The molecule has 2 aliphatic rings. The van der Waals surface area contributed by atoms with E-state index in [0.717, 1.165) is 32.7 Å². The summed E-state index contributed by atoms with van der Waals surface area (Å²) in [4.78, 5) is 0. The predicted octanol–water partition coefficient (Wildman–Crippen LogP) is -0.500. The Hall–Kier alpha value is -0.120. The average molecular weight is 141 g/mol. The third kappa shape index (κ3) is 1.05. The van der Waals surface area contributed by atoms with Gasteiger partial charge < -0.3 is 15.4 Å². The maximum atomic E-state index is 5.65. The van der Waals surface area contributed by atoms with Gasteiger partial charge in [-0.1, -0.05) is 0 Å². The minimum Gasteiger partial charge on any atom is -0.371 e. The van der Waals surface area contributed by atoms with E-state index in [4.69, 9.17) is 4.74 Å². The minimum atomic E-state index is 0.0260. The van der Waals surface area contributed by atoms with Crippen molar-refractivity contribution in [3.05, 3.63) is 6.54 Å². The number of rotatable bonds is 0. The summed E-state index contributed by atoms with van der Waals surface area (Å²) in [6.07, 6.45) is 1.11. The van der Waals surface area contributed by atoms with Crippen molar-refractivity contribution in [2.45, 2.75) is 12.0 Å². The molecule has 2 fully saturated rings. The fraction of sp³-hybridized carbons (Fsp3) is 0.857. The van der Waals surface area contributed by atoms with E-state index in [2.05, 4.69) is 17.2 Å². The first kappa shape index (κ1) is 6.58. The molecule has 0 bridgehead atoms. The largest absolute Gasteiger partial charge is 0.371 e. The molecule has 0 aromatic rings. The number of hydrogen-bond donors (Lipinski definition) is 2. The third-order valence-electron chi connectivity index (χ3n) is 2.15. The van der Waals surface area contributed by atoms with Crippen LogP contribution in [0.15, 0.2) is 0 Å². The van der Waals surface area contributed by atoms with Crippen molar-refractivity contribution >= 4 is 0 Å². The summed E-state index contributed by atoms with van der Waals surface area (Å²) in [6.45, 7) is 5.95. The Morgan fingerprint density at radius 3 is 3.00 bits per heavy atom. The van der Waals surface area contributed by atoms with Gasteiger partial charge in [0.15, 0.2) is 0 Å². The highest BCUT2D eigenvalue weighted by Gasteiger charge is 2.36. The topological polar surface area (TPSA) is 33.3 Å². The van der Waals surface area contributed by atoms with E-state index in [0.29, 0.717) is 0 Å². The summed E-state index contributed by atoms with van der Waals surface area (Å²) in [5, 5.41) is 6.51. The van der Waals surface area contributed by atoms with Crippen molar-refractivity contribution in [3.63, 3.8) is 0 Å². The van der Waals surface area contributed by atoms with E-state index in [-0.39, 0.29) is 5.60 Å². The summed E-state index contributed by atoms with van der Waals surface area (Å²) in [6, 6.07) is 0. The molecule has 0 aromatic carbocycles. The van der Waals surface area contributed by atoms with E-state index in [1.807, 2.05) is 0 Å². The molecule has 2 N–H and O–H groups in total. The molecule has 0 saturated carbocycles. The first-order valence-corrected chi connectivity index (χ1v) is 3.84. The van der Waals surface area contributed by atoms with E-state index < -0.39 is 0 Å². The van der Waals surface area contributed by atoms with Crippen LogP contribution in [0, 0.1) is 6.54 Å². The third-order valence-corrected chi connectivity index (χ3v) is 2.15. The zero-order valence-corrected chi connectivity index (χ0v) is 6.02. The fourth-order valence-corrected chi connectivity index (χ4v) is 1.54. The SMILES string of the molecule is [CH]1NCCC12CNCCO2. The van der Waals surface area contributed by atoms with Gasteiger partial charge in [-0.05, 0) is 13.0 Å². The lowest BCUT2D eigenvalue weighted by Gasteiger charge is -2.32. The number of ether oxygens (including phenoxy) is 1. The molecule has 2 heterocycles. The minimum absolute atomic E-state index is 0.0260. The molecule has 1 radical (unpaired) electrons. The van der Waals surface area contributed by atoms with Crippen molar-refractivity contribution in [1.82, 2.24) is 10.6 Å². The highest BCUT2D eigenvalue weighted by molar-refractivity contribution is 5.02. The van der Waals surface area contributed by atoms with Crippen LogP contribution in [-0.4, -0.2) is 31.8 Å². The smallest absolute Gasteiger partial charge is 0.0987 e. The van der Waals surface area contributed by atoms with Crippen LogP contribution in [0.5, 0.6) is 0 Å². The lowest BCUT2D eigenvalue weighted by atomic mass is 10.0. The summed E-state index contributed by atoms with van der Waals surface area (Å²) >= 11 is 0. The zero-order valence-electron chi connectivity index (χ0n) is 6.02. The van der Waals surface area contributed by atoms with Gasteiger partial charge in [-0.15, -0.1) is 0 Å². The van der Waals surface area contributed by atoms with Crippen LogP contribution in [0.25, 0.3) is 0 Å². The molecular formula is C7H13N2O. The Morgan fingerprint density at radius 2 is 2.40 bits per heavy atom. The van der Waals surface area contributed by atoms with Crippen LogP contribution in [0.1, 0.15) is 6.42 Å². The number of hydrogen-bond acceptors (Lipinski definition) is 3. The maximum absolute atomic E-state index is 5.65. The molecular weight excluding hydrogens is 128 g/mol. The molecule has 57 valence electrons. The van der Waals surface area contributed by atoms with Crippen molar-refractivity contribution < 1.29 is 4.74 Å². The quantitative estimate of drug-likeness (QED) is 0.477. The zero-order chi connectivity index (χ0) is 6.86. The van der Waals surface area contributed by atoms with Gasteiger partial charge in [0, 0.05) is 13.1 Å². The van der Waals surface area contributed by atoms with Gasteiger partial charge >= 0.3 is 0 Å². The second-order valence-corrected chi connectivity index (χ2v) is 2.94. The Morgan fingerprint density at radius 1 is 1.40 bits per heavy atom. The lowest BCUT2D eigenvalue weighted by molar-refractivity contribution is -0.0361. The molecule has 1 unspecified atom stereocenters. The van der Waals surface area contributed by atoms with Crippen LogP contribution in [-0.2, 0) is 4.74 Å². The Labute approximate surface area is 61.1 Å². The van der Waals surface area contributed by atoms with Gasteiger partial charge in [0.05, 0.1) is 18.8 Å². The second kappa shape index (κ2) is 2.49. The second-order valence-electron chi connectivity index (χ2n) is 2.94. The van der Waals surface area contributed by atoms with Crippen molar-refractivity contribution in [1.29, 1.82) is 0 Å². The van der Waals surface area contributed by atoms with Crippen molar-refractivity contribution in [3.8, 4) is 0 Å². The van der Waals surface area contributed by atoms with Crippen LogP contribution in [0.2, 0.25) is 0 Å². The first-order chi connectivity index (χ1) is 4.91. The monoisotopic (exact) mass is 141 g/mol. The van der Waals surface area contributed by atoms with Gasteiger partial charge in [-0.2, -0.15) is 0 Å². The Balaban J connectivity index is 1.98. The van der Waals surface area contributed by atoms with Crippen LogP contribution >= 0.6 is 0 Å². The molecule has 2 aliphatic heterocycles. The number of nitrogens with one attached hydrogen (secondary N) is 2. The van der Waals surface area contributed by atoms with Crippen molar-refractivity contribution in [2.75, 3.05) is 26.2 Å². The normalized spacial score (nSPS) is 40.8. The average Bonchev–Trinajstić information content (AvgIpc) is 2.39. The molecule has 0 aliphatic carbocycles. The first-order valence-electron chi connectivity index (χ1n) is 3.84. The Kier molecular flexibility index (Phi) is 1.64. The molecule has 10 heavy (non-hydrogen) atoms. The summed E-state index contributed by atoms with van der Waals surface area (Å²) in [7, 11) is 0. The molecule has 0 amide bonds. The predicted molar refractivity (Wildman–Crippen MR) is 38.5 cm³/mol. The van der Waals surface area contributed by atoms with E-state index >= 15 is 0 Å². The van der Waals surface area contributed by atoms with Crippen LogP contribution in [0.4, 0.5) is 0 Å². The van der Waals surface area contributed by atoms with Crippen molar-refractivity contribution in [2.24, 2.45) is 0 Å². The molecule has 1 spiro atoms. The number of morpholine rings is 1. The summed E-state index contributed by atoms with van der Waals surface area (Å²) in [5.74, 6) is 0. The molecule has 2 saturated heterocycles. The molecule has 1 atom stereocenters. The van der Waals surface area contributed by atoms with Gasteiger partial charge in [0.25, 0.3) is 0 Å². The van der Waals surface area contributed by atoms with Gasteiger partial charge in [0.1, 0.15) is 0 Å². The molecule has 3 nitrogen and oxygen atoms in total. The molecule has 0 aromatic heterocycles. The molecule has 2 rings (SSSR count). The van der Waals surface area contributed by atoms with Crippen LogP contribution < -0.4 is 10.6 Å². The summed E-state index contributed by atoms with van der Waals surface area (Å²) < 4.78 is 5.65. The van der Waals surface area contributed by atoms with E-state index in [1.165, 1.54) is 0 Å². The standard InChI is InChI=1S/C7H13N2O/c1-2-8-5-7(1)6-9-3-4-10-7/h5,8-9H,1-4,6H2. The van der Waals surface area contributed by atoms with Crippen LogP contribution in [0.3, 0.4) is 0 Å². The highest BCUT2D eigenvalue weighted by Crippen LogP contribution is 2.23. The van der Waals surface area contributed by atoms with Gasteiger partial charge in [0.2, 0.25) is 0 Å².